The number of hydrogen-bond acceptors (Lipinski definition) is 8. The van der Waals surface area contributed by atoms with Gasteiger partial charge in [-0.25, -0.2) is 9.78 Å². The largest absolute Gasteiger partial charge is 0.462 e. The van der Waals surface area contributed by atoms with Crippen molar-refractivity contribution in [3.05, 3.63) is 51.5 Å². The normalized spacial score (nSPS) is 22.5. The summed E-state index contributed by atoms with van der Waals surface area (Å²) in [7, 11) is 0. The standard InChI is InChI=1S/C23H30N4O6/c1-3-33-22(30)17-5-4-16(12-18(17)26-15(2)24-13-21(26)27(31)32)14-25-10-8-23(9-11-25)19(28)6-7-20(23)29/h4-5,12-13,19-20,28-29H,3,6-11,14H2,1-2H3. The summed E-state index contributed by atoms with van der Waals surface area (Å²) in [5.41, 5.74) is 1.08. The lowest BCUT2D eigenvalue weighted by atomic mass is 9.73. The number of esters is 1. The molecule has 2 N–H and O–H groups in total. The van der Waals surface area contributed by atoms with Crippen molar-refractivity contribution in [2.75, 3.05) is 19.7 Å². The number of carbonyl (C=O) groups is 1. The molecule has 1 aliphatic carbocycles. The third kappa shape index (κ3) is 4.25. The maximum absolute atomic E-state index is 12.6. The molecule has 2 aromatic rings. The lowest BCUT2D eigenvalue weighted by molar-refractivity contribution is -0.391. The number of aliphatic hydroxyl groups is 2. The first-order chi connectivity index (χ1) is 15.8. The number of hydrogen-bond donors (Lipinski definition) is 2. The number of aromatic nitrogens is 2. The molecule has 4 rings (SSSR count). The monoisotopic (exact) mass is 458 g/mol. The van der Waals surface area contributed by atoms with Gasteiger partial charge in [-0.1, -0.05) is 6.07 Å². The molecule has 10 heteroatoms. The van der Waals surface area contributed by atoms with Crippen molar-refractivity contribution >= 4 is 11.8 Å². The van der Waals surface area contributed by atoms with Crippen LogP contribution in [0.4, 0.5) is 5.82 Å². The number of likely N-dealkylation sites (tertiary alicyclic amines) is 1. The Morgan fingerprint density at radius 1 is 1.27 bits per heavy atom. The van der Waals surface area contributed by atoms with Crippen LogP contribution < -0.4 is 0 Å². The van der Waals surface area contributed by atoms with Crippen molar-refractivity contribution in [2.45, 2.75) is 58.3 Å². The average molecular weight is 459 g/mol. The fourth-order valence-electron chi connectivity index (χ4n) is 5.27. The molecule has 1 aromatic carbocycles. The number of nitrogens with zero attached hydrogens (tertiary/aromatic N) is 4. The molecule has 1 saturated carbocycles. The molecule has 1 aliphatic heterocycles. The number of nitro groups is 1. The van der Waals surface area contributed by atoms with Crippen molar-refractivity contribution in [2.24, 2.45) is 5.41 Å². The number of benzene rings is 1. The molecular formula is C23H30N4O6. The van der Waals surface area contributed by atoms with E-state index in [1.54, 1.807) is 26.0 Å². The summed E-state index contributed by atoms with van der Waals surface area (Å²) < 4.78 is 6.54. The predicted molar refractivity (Wildman–Crippen MR) is 119 cm³/mol. The quantitative estimate of drug-likeness (QED) is 0.383. The lowest BCUT2D eigenvalue weighted by Crippen LogP contribution is -2.48. The summed E-state index contributed by atoms with van der Waals surface area (Å²) in [5, 5.41) is 32.4. The second-order valence-corrected chi connectivity index (χ2v) is 8.95. The summed E-state index contributed by atoms with van der Waals surface area (Å²) in [4.78, 5) is 29.9. The van der Waals surface area contributed by atoms with E-state index in [-0.39, 0.29) is 18.0 Å². The number of piperidine rings is 1. The Balaban J connectivity index is 1.61. The van der Waals surface area contributed by atoms with E-state index in [4.69, 9.17) is 4.74 Å². The topological polar surface area (TPSA) is 131 Å². The van der Waals surface area contributed by atoms with Gasteiger partial charge in [0.15, 0.2) is 5.82 Å². The van der Waals surface area contributed by atoms with Gasteiger partial charge in [0.25, 0.3) is 0 Å². The van der Waals surface area contributed by atoms with Crippen LogP contribution in [-0.2, 0) is 11.3 Å². The van der Waals surface area contributed by atoms with Gasteiger partial charge in [-0.15, -0.1) is 0 Å². The Bertz CT molecular complexity index is 1030. The number of ether oxygens (including phenoxy) is 1. The minimum Gasteiger partial charge on any atom is -0.462 e. The van der Waals surface area contributed by atoms with Crippen molar-refractivity contribution in [3.8, 4) is 5.69 Å². The zero-order valence-corrected chi connectivity index (χ0v) is 18.9. The van der Waals surface area contributed by atoms with E-state index < -0.39 is 28.5 Å². The van der Waals surface area contributed by atoms with Gasteiger partial charge in [0.1, 0.15) is 17.4 Å². The van der Waals surface area contributed by atoms with E-state index in [1.807, 2.05) is 6.07 Å². The van der Waals surface area contributed by atoms with Gasteiger partial charge in [0.05, 0.1) is 18.8 Å². The Labute approximate surface area is 192 Å². The van der Waals surface area contributed by atoms with E-state index in [0.29, 0.717) is 30.9 Å². The van der Waals surface area contributed by atoms with Gasteiger partial charge in [0.2, 0.25) is 0 Å². The first kappa shape index (κ1) is 23.3. The van der Waals surface area contributed by atoms with Gasteiger partial charge in [0, 0.05) is 18.9 Å². The fourth-order valence-corrected chi connectivity index (χ4v) is 5.27. The highest BCUT2D eigenvalue weighted by atomic mass is 16.6. The highest BCUT2D eigenvalue weighted by Crippen LogP contribution is 2.46. The SMILES string of the molecule is CCOC(=O)c1ccc(CN2CCC3(CC2)C(O)CCC3O)cc1-n1c([N+](=O)[O-])cnc1C. The van der Waals surface area contributed by atoms with Gasteiger partial charge in [-0.2, -0.15) is 4.57 Å². The van der Waals surface area contributed by atoms with Crippen LogP contribution in [0.3, 0.4) is 0 Å². The highest BCUT2D eigenvalue weighted by Gasteiger charge is 2.50. The average Bonchev–Trinajstić information content (AvgIpc) is 3.31. The number of aliphatic hydroxyl groups excluding tert-OH is 2. The smallest absolute Gasteiger partial charge is 0.348 e. The molecule has 0 radical (unpaired) electrons. The van der Waals surface area contributed by atoms with Crippen LogP contribution in [0.1, 0.15) is 54.4 Å². The van der Waals surface area contributed by atoms with Crippen molar-refractivity contribution in [3.63, 3.8) is 0 Å². The third-order valence-electron chi connectivity index (χ3n) is 7.14. The molecule has 2 aliphatic rings. The predicted octanol–water partition coefficient (Wildman–Crippen LogP) is 2.36. The Kier molecular flexibility index (Phi) is 6.51. The van der Waals surface area contributed by atoms with E-state index in [2.05, 4.69) is 9.88 Å². The summed E-state index contributed by atoms with van der Waals surface area (Å²) in [6.07, 6.45) is 2.97. The van der Waals surface area contributed by atoms with Crippen LogP contribution in [0, 0.1) is 22.5 Å². The highest BCUT2D eigenvalue weighted by molar-refractivity contribution is 5.94. The molecule has 10 nitrogen and oxygen atoms in total. The second-order valence-electron chi connectivity index (χ2n) is 8.95. The van der Waals surface area contributed by atoms with Crippen LogP contribution in [0.25, 0.3) is 5.69 Å². The zero-order chi connectivity index (χ0) is 23.8. The van der Waals surface area contributed by atoms with Crippen molar-refractivity contribution < 1.29 is 24.7 Å². The lowest BCUT2D eigenvalue weighted by Gasteiger charge is -2.43. The minimum absolute atomic E-state index is 0.193. The Hall–Kier alpha value is -2.82. The van der Waals surface area contributed by atoms with E-state index >= 15 is 0 Å². The number of imidazole rings is 1. The molecule has 178 valence electrons. The van der Waals surface area contributed by atoms with Crippen LogP contribution in [-0.4, -0.2) is 67.5 Å². The van der Waals surface area contributed by atoms with Crippen molar-refractivity contribution in [1.82, 2.24) is 14.5 Å². The van der Waals surface area contributed by atoms with Crippen LogP contribution in [0.15, 0.2) is 24.4 Å². The fraction of sp³-hybridized carbons (Fsp3) is 0.565. The van der Waals surface area contributed by atoms with Gasteiger partial charge < -0.3 is 25.1 Å². The van der Waals surface area contributed by atoms with Crippen molar-refractivity contribution in [1.29, 1.82) is 0 Å². The minimum atomic E-state index is -0.550. The van der Waals surface area contributed by atoms with E-state index in [1.165, 1.54) is 10.8 Å². The Morgan fingerprint density at radius 3 is 2.55 bits per heavy atom. The summed E-state index contributed by atoms with van der Waals surface area (Å²) >= 11 is 0. The molecule has 2 unspecified atom stereocenters. The molecule has 1 saturated heterocycles. The van der Waals surface area contributed by atoms with E-state index in [9.17, 15) is 25.1 Å². The third-order valence-corrected chi connectivity index (χ3v) is 7.14. The molecule has 0 amide bonds. The van der Waals surface area contributed by atoms with Gasteiger partial charge in [-0.3, -0.25) is 4.90 Å². The van der Waals surface area contributed by atoms with Gasteiger partial charge in [-0.05, 0) is 68.3 Å². The molecule has 2 atom stereocenters. The Morgan fingerprint density at radius 2 is 1.94 bits per heavy atom. The first-order valence-electron chi connectivity index (χ1n) is 11.3. The molecule has 1 spiro atoms. The van der Waals surface area contributed by atoms with E-state index in [0.717, 1.165) is 31.5 Å². The number of rotatable bonds is 6. The summed E-state index contributed by atoms with van der Waals surface area (Å²) in [6.45, 7) is 5.59. The number of carbonyl (C=O) groups excluding carboxylic acids is 1. The first-order valence-corrected chi connectivity index (χ1v) is 11.3. The van der Waals surface area contributed by atoms with Crippen LogP contribution in [0.2, 0.25) is 0 Å². The summed E-state index contributed by atoms with van der Waals surface area (Å²) in [6, 6.07) is 5.25. The zero-order valence-electron chi connectivity index (χ0n) is 18.9. The molecule has 33 heavy (non-hydrogen) atoms. The maximum Gasteiger partial charge on any atom is 0.348 e. The molecule has 2 fully saturated rings. The van der Waals surface area contributed by atoms with Gasteiger partial charge >= 0.3 is 11.8 Å². The van der Waals surface area contributed by atoms with Crippen LogP contribution in [0.5, 0.6) is 0 Å². The summed E-state index contributed by atoms with van der Waals surface area (Å²) in [5.74, 6) is -0.376. The molecular weight excluding hydrogens is 428 g/mol. The molecule has 1 aromatic heterocycles. The number of aryl methyl sites for hydroxylation is 1. The molecule has 0 bridgehead atoms. The maximum atomic E-state index is 12.6. The second kappa shape index (κ2) is 9.20. The molecule has 2 heterocycles. The van der Waals surface area contributed by atoms with Crippen LogP contribution >= 0.6 is 0 Å².